The molecule has 0 atom stereocenters. The predicted octanol–water partition coefficient (Wildman–Crippen LogP) is 3.00. The van der Waals surface area contributed by atoms with Crippen LogP contribution in [0.15, 0.2) is 24.4 Å². The molecule has 0 saturated carbocycles. The lowest BCUT2D eigenvalue weighted by molar-refractivity contribution is 0.652. The molecule has 2 aromatic heterocycles. The third-order valence-electron chi connectivity index (χ3n) is 3.33. The molecule has 0 amide bonds. The van der Waals surface area contributed by atoms with Crippen molar-refractivity contribution in [3.63, 3.8) is 0 Å². The summed E-state index contributed by atoms with van der Waals surface area (Å²) < 4.78 is 0.773. The molecule has 0 aliphatic heterocycles. The third-order valence-corrected chi connectivity index (χ3v) is 3.67. The fourth-order valence-electron chi connectivity index (χ4n) is 2.43. The van der Waals surface area contributed by atoms with Gasteiger partial charge in [-0.25, -0.2) is 4.98 Å². The number of aromatic nitrogens is 3. The molecule has 4 heteroatoms. The minimum absolute atomic E-state index is 0.720. The number of H-pyrrole nitrogens is 1. The van der Waals surface area contributed by atoms with E-state index in [2.05, 4.69) is 15.0 Å². The van der Waals surface area contributed by atoms with Crippen LogP contribution in [0.1, 0.15) is 35.6 Å². The zero-order chi connectivity index (χ0) is 12.4. The van der Waals surface area contributed by atoms with Gasteiger partial charge in [-0.15, -0.1) is 0 Å². The van der Waals surface area contributed by atoms with E-state index in [1.165, 1.54) is 24.1 Å². The van der Waals surface area contributed by atoms with Crippen LogP contribution in [-0.4, -0.2) is 15.0 Å². The van der Waals surface area contributed by atoms with Gasteiger partial charge in [0.25, 0.3) is 0 Å². The summed E-state index contributed by atoms with van der Waals surface area (Å²) in [5.41, 5.74) is 3.56. The minimum Gasteiger partial charge on any atom is -0.347 e. The Hall–Kier alpha value is -1.55. The maximum Gasteiger partial charge on any atom is 0.133 e. The van der Waals surface area contributed by atoms with Gasteiger partial charge in [0, 0.05) is 29.6 Å². The first kappa shape index (κ1) is 11.5. The predicted molar refractivity (Wildman–Crippen MR) is 73.1 cm³/mol. The maximum absolute atomic E-state index is 5.39. The lowest BCUT2D eigenvalue weighted by Crippen LogP contribution is -2.11. The van der Waals surface area contributed by atoms with E-state index in [1.54, 1.807) is 0 Å². The fraction of sp³-hybridized carbons (Fsp3) is 0.357. The summed E-state index contributed by atoms with van der Waals surface area (Å²) in [6.45, 7) is 0. The Labute approximate surface area is 111 Å². The van der Waals surface area contributed by atoms with E-state index in [9.17, 15) is 0 Å². The van der Waals surface area contributed by atoms with Crippen LogP contribution in [0.25, 0.3) is 0 Å². The summed E-state index contributed by atoms with van der Waals surface area (Å²) in [6.07, 6.45) is 7.16. The smallest absolute Gasteiger partial charge is 0.133 e. The van der Waals surface area contributed by atoms with Crippen molar-refractivity contribution in [3.8, 4) is 0 Å². The Bertz CT molecular complexity index is 604. The normalized spacial score (nSPS) is 14.2. The lowest BCUT2D eigenvalue weighted by atomic mass is 9.97. The first-order valence-corrected chi connectivity index (χ1v) is 6.74. The van der Waals surface area contributed by atoms with Crippen LogP contribution in [0.3, 0.4) is 0 Å². The molecular weight excluding hydrogens is 242 g/mol. The van der Waals surface area contributed by atoms with Crippen molar-refractivity contribution in [2.75, 3.05) is 0 Å². The van der Waals surface area contributed by atoms with Crippen molar-refractivity contribution in [2.45, 2.75) is 32.1 Å². The van der Waals surface area contributed by atoms with Crippen molar-refractivity contribution in [3.05, 3.63) is 51.8 Å². The highest BCUT2D eigenvalue weighted by molar-refractivity contribution is 7.71. The second-order valence-electron chi connectivity index (χ2n) is 4.65. The standard InChI is InChI=1S/C14H15N3S/c18-14-11-6-1-2-7-12(11)16-13(17-14)9-10-5-3-4-8-15-10/h3-5,8H,1-2,6-7,9H2,(H,16,17,18). The average molecular weight is 257 g/mol. The average Bonchev–Trinajstić information content (AvgIpc) is 2.40. The molecule has 0 saturated heterocycles. The third kappa shape index (κ3) is 2.34. The van der Waals surface area contributed by atoms with E-state index in [-0.39, 0.29) is 0 Å². The van der Waals surface area contributed by atoms with Gasteiger partial charge in [-0.2, -0.15) is 0 Å². The first-order valence-electron chi connectivity index (χ1n) is 6.34. The summed E-state index contributed by atoms with van der Waals surface area (Å²) in [4.78, 5) is 12.3. The monoisotopic (exact) mass is 257 g/mol. The second kappa shape index (κ2) is 4.98. The van der Waals surface area contributed by atoms with E-state index in [4.69, 9.17) is 12.2 Å². The molecule has 1 N–H and O–H groups in total. The van der Waals surface area contributed by atoms with Gasteiger partial charge < -0.3 is 4.98 Å². The molecule has 0 bridgehead atoms. The number of pyridine rings is 1. The SMILES string of the molecule is S=c1nc(Cc2ccccn2)[nH]c2c1CCCC2. The van der Waals surface area contributed by atoms with E-state index in [1.807, 2.05) is 24.4 Å². The number of nitrogens with zero attached hydrogens (tertiary/aromatic N) is 2. The summed E-state index contributed by atoms with van der Waals surface area (Å²) in [6, 6.07) is 5.93. The summed E-state index contributed by atoms with van der Waals surface area (Å²) >= 11 is 5.39. The quantitative estimate of drug-likeness (QED) is 0.841. The van der Waals surface area contributed by atoms with Gasteiger partial charge in [0.2, 0.25) is 0 Å². The molecule has 1 aliphatic rings. The van der Waals surface area contributed by atoms with Crippen LogP contribution in [-0.2, 0) is 19.3 Å². The highest BCUT2D eigenvalue weighted by Crippen LogP contribution is 2.20. The van der Waals surface area contributed by atoms with Crippen molar-refractivity contribution < 1.29 is 0 Å². The molecular formula is C14H15N3S. The van der Waals surface area contributed by atoms with Crippen LogP contribution >= 0.6 is 12.2 Å². The highest BCUT2D eigenvalue weighted by atomic mass is 32.1. The number of fused-ring (bicyclic) bond motifs is 1. The van der Waals surface area contributed by atoms with Crippen LogP contribution in [0.4, 0.5) is 0 Å². The molecule has 3 nitrogen and oxygen atoms in total. The van der Waals surface area contributed by atoms with Crippen LogP contribution in [0, 0.1) is 4.64 Å². The zero-order valence-electron chi connectivity index (χ0n) is 10.1. The molecule has 0 aromatic carbocycles. The number of hydrogen-bond acceptors (Lipinski definition) is 3. The minimum atomic E-state index is 0.720. The van der Waals surface area contributed by atoms with Gasteiger partial charge in [0.15, 0.2) is 0 Å². The summed E-state index contributed by atoms with van der Waals surface area (Å²) in [7, 11) is 0. The molecule has 0 radical (unpaired) electrons. The van der Waals surface area contributed by atoms with Crippen molar-refractivity contribution in [1.29, 1.82) is 0 Å². The first-order chi connectivity index (χ1) is 8.83. The fourth-order valence-corrected chi connectivity index (χ4v) is 2.76. The molecule has 18 heavy (non-hydrogen) atoms. The number of aromatic amines is 1. The van der Waals surface area contributed by atoms with E-state index in [0.29, 0.717) is 0 Å². The Morgan fingerprint density at radius 1 is 1.22 bits per heavy atom. The van der Waals surface area contributed by atoms with Gasteiger partial charge in [-0.05, 0) is 37.8 Å². The van der Waals surface area contributed by atoms with E-state index in [0.717, 1.165) is 35.4 Å². The van der Waals surface area contributed by atoms with Crippen molar-refractivity contribution in [1.82, 2.24) is 15.0 Å². The number of hydrogen-bond donors (Lipinski definition) is 1. The number of aryl methyl sites for hydroxylation is 1. The van der Waals surface area contributed by atoms with Crippen molar-refractivity contribution >= 4 is 12.2 Å². The molecule has 92 valence electrons. The molecule has 3 rings (SSSR count). The maximum atomic E-state index is 5.39. The van der Waals surface area contributed by atoms with Crippen LogP contribution in [0.2, 0.25) is 0 Å². The van der Waals surface area contributed by atoms with Gasteiger partial charge in [-0.3, -0.25) is 4.98 Å². The number of nitrogens with one attached hydrogen (secondary N) is 1. The summed E-state index contributed by atoms with van der Waals surface area (Å²) in [5.74, 6) is 0.930. The zero-order valence-corrected chi connectivity index (χ0v) is 11.0. The van der Waals surface area contributed by atoms with E-state index < -0.39 is 0 Å². The largest absolute Gasteiger partial charge is 0.347 e. The Kier molecular flexibility index (Phi) is 3.19. The number of rotatable bonds is 2. The van der Waals surface area contributed by atoms with Gasteiger partial charge >= 0.3 is 0 Å². The lowest BCUT2D eigenvalue weighted by Gasteiger charge is -2.16. The molecule has 2 heterocycles. The van der Waals surface area contributed by atoms with Crippen molar-refractivity contribution in [2.24, 2.45) is 0 Å². The second-order valence-corrected chi connectivity index (χ2v) is 5.04. The molecule has 0 fully saturated rings. The van der Waals surface area contributed by atoms with E-state index >= 15 is 0 Å². The van der Waals surface area contributed by atoms with Crippen LogP contribution in [0.5, 0.6) is 0 Å². The van der Waals surface area contributed by atoms with Gasteiger partial charge in [0.1, 0.15) is 10.5 Å². The molecule has 1 aliphatic carbocycles. The molecule has 0 unspecified atom stereocenters. The Balaban J connectivity index is 1.94. The Morgan fingerprint density at radius 3 is 2.94 bits per heavy atom. The molecule has 0 spiro atoms. The van der Waals surface area contributed by atoms with Gasteiger partial charge in [0.05, 0.1) is 0 Å². The highest BCUT2D eigenvalue weighted by Gasteiger charge is 2.13. The topological polar surface area (TPSA) is 41.6 Å². The van der Waals surface area contributed by atoms with Crippen LogP contribution < -0.4 is 0 Å². The molecule has 2 aromatic rings. The van der Waals surface area contributed by atoms with Gasteiger partial charge in [-0.1, -0.05) is 18.3 Å². The summed E-state index contributed by atoms with van der Waals surface area (Å²) in [5, 5.41) is 0. The Morgan fingerprint density at radius 2 is 2.11 bits per heavy atom.